The van der Waals surface area contributed by atoms with Crippen molar-refractivity contribution in [2.45, 2.75) is 25.9 Å². The SMILES string of the molecule is CNC(=O)[C@@H]1CN(c2ncccn2)CCN1C(C)C. The molecule has 1 atom stereocenters. The number of aromatic nitrogens is 2. The van der Waals surface area contributed by atoms with Crippen molar-refractivity contribution >= 4 is 11.9 Å². The number of carbonyl (C=O) groups excluding carboxylic acids is 1. The lowest BCUT2D eigenvalue weighted by Crippen LogP contribution is -2.60. The van der Waals surface area contributed by atoms with Gasteiger partial charge >= 0.3 is 0 Å². The predicted octanol–water partition coefficient (Wildman–Crippen LogP) is 0.122. The number of rotatable bonds is 3. The zero-order chi connectivity index (χ0) is 13.8. The Kier molecular flexibility index (Phi) is 4.31. The molecule has 0 aliphatic carbocycles. The summed E-state index contributed by atoms with van der Waals surface area (Å²) in [5, 5.41) is 2.74. The van der Waals surface area contributed by atoms with E-state index >= 15 is 0 Å². The standard InChI is InChI=1S/C13H21N5O/c1-10(2)18-8-7-17(9-11(18)12(19)14-3)13-15-5-4-6-16-13/h4-6,10-11H,7-9H2,1-3H3,(H,14,19)/t11-/m0/s1. The maximum atomic E-state index is 12.0. The summed E-state index contributed by atoms with van der Waals surface area (Å²) in [6, 6.07) is 1.99. The summed E-state index contributed by atoms with van der Waals surface area (Å²) in [6.07, 6.45) is 3.46. The molecule has 1 aliphatic rings. The molecule has 1 N–H and O–H groups in total. The first kappa shape index (κ1) is 13.7. The first-order valence-corrected chi connectivity index (χ1v) is 6.62. The van der Waals surface area contributed by atoms with Crippen molar-refractivity contribution in [3.8, 4) is 0 Å². The Morgan fingerprint density at radius 1 is 1.37 bits per heavy atom. The van der Waals surface area contributed by atoms with E-state index in [1.807, 2.05) is 0 Å². The van der Waals surface area contributed by atoms with Gasteiger partial charge in [0.15, 0.2) is 0 Å². The average Bonchev–Trinajstić information content (AvgIpc) is 2.46. The summed E-state index contributed by atoms with van der Waals surface area (Å²) in [5.41, 5.74) is 0. The molecule has 1 amide bonds. The van der Waals surface area contributed by atoms with Gasteiger partial charge in [-0.05, 0) is 19.9 Å². The molecule has 6 heteroatoms. The Hall–Kier alpha value is -1.69. The molecular formula is C13H21N5O. The van der Waals surface area contributed by atoms with Crippen molar-refractivity contribution in [1.29, 1.82) is 0 Å². The minimum atomic E-state index is -0.150. The Morgan fingerprint density at radius 3 is 2.63 bits per heavy atom. The Balaban J connectivity index is 2.15. The van der Waals surface area contributed by atoms with Gasteiger partial charge in [-0.15, -0.1) is 0 Å². The fraction of sp³-hybridized carbons (Fsp3) is 0.615. The molecule has 0 unspecified atom stereocenters. The van der Waals surface area contributed by atoms with Gasteiger partial charge in [0.1, 0.15) is 6.04 Å². The van der Waals surface area contributed by atoms with Crippen LogP contribution in [0.4, 0.5) is 5.95 Å². The number of anilines is 1. The van der Waals surface area contributed by atoms with E-state index in [0.29, 0.717) is 18.5 Å². The largest absolute Gasteiger partial charge is 0.358 e. The molecule has 104 valence electrons. The number of piperazine rings is 1. The second-order valence-corrected chi connectivity index (χ2v) is 4.96. The molecule has 0 radical (unpaired) electrons. The molecule has 0 aromatic carbocycles. The maximum absolute atomic E-state index is 12.0. The van der Waals surface area contributed by atoms with Gasteiger partial charge in [-0.2, -0.15) is 0 Å². The van der Waals surface area contributed by atoms with Gasteiger partial charge in [0.25, 0.3) is 0 Å². The summed E-state index contributed by atoms with van der Waals surface area (Å²) >= 11 is 0. The third-order valence-corrected chi connectivity index (χ3v) is 3.47. The van der Waals surface area contributed by atoms with E-state index in [1.54, 1.807) is 25.5 Å². The second kappa shape index (κ2) is 5.97. The fourth-order valence-corrected chi connectivity index (χ4v) is 2.45. The maximum Gasteiger partial charge on any atom is 0.238 e. The smallest absolute Gasteiger partial charge is 0.238 e. The molecule has 1 aliphatic heterocycles. The molecule has 0 saturated carbocycles. The summed E-state index contributed by atoms with van der Waals surface area (Å²) in [5.74, 6) is 0.745. The van der Waals surface area contributed by atoms with Gasteiger partial charge < -0.3 is 10.2 Å². The topological polar surface area (TPSA) is 61.4 Å². The Morgan fingerprint density at radius 2 is 2.05 bits per heavy atom. The molecule has 1 fully saturated rings. The van der Waals surface area contributed by atoms with Crippen LogP contribution in [0.5, 0.6) is 0 Å². The minimum Gasteiger partial charge on any atom is -0.358 e. The summed E-state index contributed by atoms with van der Waals surface area (Å²) in [4.78, 5) is 24.8. The molecule has 0 bridgehead atoms. The van der Waals surface area contributed by atoms with Crippen LogP contribution in [-0.2, 0) is 4.79 Å². The molecule has 2 heterocycles. The number of carbonyl (C=O) groups is 1. The molecule has 19 heavy (non-hydrogen) atoms. The number of hydrogen-bond acceptors (Lipinski definition) is 5. The van der Waals surface area contributed by atoms with Crippen LogP contribution in [0.1, 0.15) is 13.8 Å². The van der Waals surface area contributed by atoms with E-state index in [9.17, 15) is 4.79 Å². The van der Waals surface area contributed by atoms with E-state index < -0.39 is 0 Å². The van der Waals surface area contributed by atoms with Gasteiger partial charge in [-0.1, -0.05) is 0 Å². The highest BCUT2D eigenvalue weighted by molar-refractivity contribution is 5.82. The van der Waals surface area contributed by atoms with Crippen LogP contribution < -0.4 is 10.2 Å². The average molecular weight is 263 g/mol. The van der Waals surface area contributed by atoms with Crippen molar-refractivity contribution in [1.82, 2.24) is 20.2 Å². The van der Waals surface area contributed by atoms with E-state index in [0.717, 1.165) is 13.1 Å². The number of hydrogen-bond donors (Lipinski definition) is 1. The van der Waals surface area contributed by atoms with E-state index in [4.69, 9.17) is 0 Å². The van der Waals surface area contributed by atoms with Crippen LogP contribution in [0.25, 0.3) is 0 Å². The van der Waals surface area contributed by atoms with Crippen LogP contribution in [0.15, 0.2) is 18.5 Å². The quantitative estimate of drug-likeness (QED) is 0.839. The monoisotopic (exact) mass is 263 g/mol. The van der Waals surface area contributed by atoms with Crippen LogP contribution in [0.2, 0.25) is 0 Å². The predicted molar refractivity (Wildman–Crippen MR) is 73.9 cm³/mol. The highest BCUT2D eigenvalue weighted by atomic mass is 16.2. The third kappa shape index (κ3) is 3.01. The zero-order valence-electron chi connectivity index (χ0n) is 11.7. The van der Waals surface area contributed by atoms with E-state index in [2.05, 4.69) is 38.9 Å². The van der Waals surface area contributed by atoms with Gasteiger partial charge in [0.2, 0.25) is 11.9 Å². The van der Waals surface area contributed by atoms with Gasteiger partial charge in [0, 0.05) is 45.1 Å². The highest BCUT2D eigenvalue weighted by Crippen LogP contribution is 2.17. The Labute approximate surface area is 113 Å². The molecule has 1 aromatic rings. The van der Waals surface area contributed by atoms with Crippen LogP contribution in [0.3, 0.4) is 0 Å². The Bertz CT molecular complexity index is 422. The fourth-order valence-electron chi connectivity index (χ4n) is 2.45. The number of nitrogens with one attached hydrogen (secondary N) is 1. The highest BCUT2D eigenvalue weighted by Gasteiger charge is 2.33. The van der Waals surface area contributed by atoms with Crippen LogP contribution >= 0.6 is 0 Å². The number of nitrogens with zero attached hydrogens (tertiary/aromatic N) is 4. The van der Waals surface area contributed by atoms with Crippen molar-refractivity contribution < 1.29 is 4.79 Å². The van der Waals surface area contributed by atoms with Crippen LogP contribution in [-0.4, -0.2) is 59.5 Å². The number of likely N-dealkylation sites (N-methyl/N-ethyl adjacent to an activating group) is 1. The van der Waals surface area contributed by atoms with Gasteiger partial charge in [-0.25, -0.2) is 9.97 Å². The van der Waals surface area contributed by atoms with Gasteiger partial charge in [0.05, 0.1) is 0 Å². The second-order valence-electron chi connectivity index (χ2n) is 4.96. The summed E-state index contributed by atoms with van der Waals surface area (Å²) in [6.45, 7) is 6.54. The first-order valence-electron chi connectivity index (χ1n) is 6.62. The summed E-state index contributed by atoms with van der Waals surface area (Å²) < 4.78 is 0. The van der Waals surface area contributed by atoms with Crippen molar-refractivity contribution in [3.05, 3.63) is 18.5 Å². The molecular weight excluding hydrogens is 242 g/mol. The molecule has 2 rings (SSSR count). The molecule has 0 spiro atoms. The van der Waals surface area contributed by atoms with Crippen molar-refractivity contribution in [3.63, 3.8) is 0 Å². The summed E-state index contributed by atoms with van der Waals surface area (Å²) in [7, 11) is 1.68. The molecule has 1 aromatic heterocycles. The van der Waals surface area contributed by atoms with Crippen LogP contribution in [0, 0.1) is 0 Å². The first-order chi connectivity index (χ1) is 9.13. The zero-order valence-corrected chi connectivity index (χ0v) is 11.7. The molecule has 1 saturated heterocycles. The minimum absolute atomic E-state index is 0.0503. The van der Waals surface area contributed by atoms with Crippen molar-refractivity contribution in [2.75, 3.05) is 31.6 Å². The van der Waals surface area contributed by atoms with E-state index in [1.165, 1.54) is 0 Å². The van der Waals surface area contributed by atoms with Crippen molar-refractivity contribution in [2.24, 2.45) is 0 Å². The van der Waals surface area contributed by atoms with E-state index in [-0.39, 0.29) is 11.9 Å². The lowest BCUT2D eigenvalue weighted by atomic mass is 10.1. The number of amides is 1. The van der Waals surface area contributed by atoms with Gasteiger partial charge in [-0.3, -0.25) is 9.69 Å². The molecule has 6 nitrogen and oxygen atoms in total. The lowest BCUT2D eigenvalue weighted by Gasteiger charge is -2.42. The normalized spacial score (nSPS) is 20.6. The third-order valence-electron chi connectivity index (χ3n) is 3.47. The lowest BCUT2D eigenvalue weighted by molar-refractivity contribution is -0.127.